The SMILES string of the molecule is CC(=O)C[C@H](N)[C@H](Cc1ccccc1)NC(=O)[C@@H](NC(=O)Cc1cccc(OC(F)(F)F)c1)C(C)C. The highest BCUT2D eigenvalue weighted by Gasteiger charge is 2.31. The molecule has 0 unspecified atom stereocenters. The van der Waals surface area contributed by atoms with E-state index in [2.05, 4.69) is 15.4 Å². The average Bonchev–Trinajstić information content (AvgIpc) is 2.76. The monoisotopic (exact) mass is 507 g/mol. The summed E-state index contributed by atoms with van der Waals surface area (Å²) in [5, 5.41) is 5.54. The lowest BCUT2D eigenvalue weighted by atomic mass is 9.95. The zero-order valence-electron chi connectivity index (χ0n) is 20.5. The van der Waals surface area contributed by atoms with Gasteiger partial charge >= 0.3 is 6.36 Å². The summed E-state index contributed by atoms with van der Waals surface area (Å²) in [7, 11) is 0. The van der Waals surface area contributed by atoms with Crippen LogP contribution in [0.25, 0.3) is 0 Å². The number of carbonyl (C=O) groups excluding carboxylic acids is 3. The van der Waals surface area contributed by atoms with Crippen LogP contribution in [0.4, 0.5) is 13.2 Å². The Labute approximate surface area is 208 Å². The molecule has 0 radical (unpaired) electrons. The van der Waals surface area contributed by atoms with Crippen molar-refractivity contribution >= 4 is 17.6 Å². The van der Waals surface area contributed by atoms with Crippen molar-refractivity contribution in [2.24, 2.45) is 11.7 Å². The van der Waals surface area contributed by atoms with Crippen LogP contribution in [-0.4, -0.2) is 42.1 Å². The Kier molecular flexibility index (Phi) is 10.5. The molecule has 0 aliphatic heterocycles. The van der Waals surface area contributed by atoms with Crippen LogP contribution in [0.3, 0.4) is 0 Å². The fraction of sp³-hybridized carbons (Fsp3) is 0.423. The van der Waals surface area contributed by atoms with Crippen molar-refractivity contribution in [3.63, 3.8) is 0 Å². The molecule has 0 saturated carbocycles. The summed E-state index contributed by atoms with van der Waals surface area (Å²) in [5.74, 6) is -1.85. The molecule has 196 valence electrons. The molecule has 0 fully saturated rings. The summed E-state index contributed by atoms with van der Waals surface area (Å²) in [4.78, 5) is 37.5. The molecule has 0 saturated heterocycles. The van der Waals surface area contributed by atoms with Gasteiger partial charge in [-0.3, -0.25) is 14.4 Å². The fourth-order valence-electron chi connectivity index (χ4n) is 3.72. The standard InChI is InChI=1S/C26H32F3N3O4/c1-16(2)24(32-23(34)15-19-10-7-11-20(13-19)36-26(27,28)29)25(35)31-22(21(30)12-17(3)33)14-18-8-5-4-6-9-18/h4-11,13,16,21-22,24H,12,14-15,30H2,1-3H3,(H,31,35)(H,32,34)/t21-,22-,24-/m0/s1. The van der Waals surface area contributed by atoms with Crippen LogP contribution in [-0.2, 0) is 27.2 Å². The molecule has 2 aromatic carbocycles. The number of Topliss-reactive ketones (excluding diaryl/α,β-unsaturated/α-hetero) is 1. The Balaban J connectivity index is 2.10. The van der Waals surface area contributed by atoms with Gasteiger partial charge in [0.15, 0.2) is 0 Å². The van der Waals surface area contributed by atoms with Gasteiger partial charge in [0.05, 0.1) is 6.42 Å². The van der Waals surface area contributed by atoms with E-state index in [0.29, 0.717) is 12.0 Å². The molecule has 2 rings (SSSR count). The molecule has 0 bridgehead atoms. The van der Waals surface area contributed by atoms with Gasteiger partial charge < -0.3 is 21.1 Å². The summed E-state index contributed by atoms with van der Waals surface area (Å²) in [6, 6.07) is 12.3. The molecule has 2 amide bonds. The second-order valence-corrected chi connectivity index (χ2v) is 9.04. The van der Waals surface area contributed by atoms with Gasteiger partial charge in [-0.2, -0.15) is 0 Å². The summed E-state index contributed by atoms with van der Waals surface area (Å²) in [5.41, 5.74) is 7.46. The third-order valence-corrected chi connectivity index (χ3v) is 5.43. The molecule has 0 aliphatic rings. The van der Waals surface area contributed by atoms with Gasteiger partial charge in [0.2, 0.25) is 11.8 Å². The van der Waals surface area contributed by atoms with E-state index in [9.17, 15) is 27.6 Å². The minimum atomic E-state index is -4.85. The van der Waals surface area contributed by atoms with Crippen LogP contribution >= 0.6 is 0 Å². The maximum absolute atomic E-state index is 13.2. The quantitative estimate of drug-likeness (QED) is 0.408. The first-order valence-electron chi connectivity index (χ1n) is 11.6. The van der Waals surface area contributed by atoms with Gasteiger partial charge in [-0.1, -0.05) is 56.3 Å². The number of rotatable bonds is 12. The highest BCUT2D eigenvalue weighted by atomic mass is 19.4. The zero-order chi connectivity index (χ0) is 26.9. The molecule has 2 aromatic rings. The highest BCUT2D eigenvalue weighted by Crippen LogP contribution is 2.23. The van der Waals surface area contributed by atoms with Crippen LogP contribution in [0.5, 0.6) is 5.75 Å². The fourth-order valence-corrected chi connectivity index (χ4v) is 3.72. The van der Waals surface area contributed by atoms with Gasteiger partial charge in [-0.15, -0.1) is 13.2 Å². The lowest BCUT2D eigenvalue weighted by molar-refractivity contribution is -0.274. The number of halogens is 3. The maximum Gasteiger partial charge on any atom is 0.573 e. The molecule has 3 atom stereocenters. The summed E-state index contributed by atoms with van der Waals surface area (Å²) < 4.78 is 41.3. The predicted octanol–water partition coefficient (Wildman–Crippen LogP) is 3.30. The second-order valence-electron chi connectivity index (χ2n) is 9.04. The van der Waals surface area contributed by atoms with Crippen molar-refractivity contribution in [1.82, 2.24) is 10.6 Å². The van der Waals surface area contributed by atoms with E-state index in [-0.39, 0.29) is 24.5 Å². The normalized spacial score (nSPS) is 14.0. The van der Waals surface area contributed by atoms with E-state index in [4.69, 9.17) is 5.73 Å². The molecule has 0 heterocycles. The number of hydrogen-bond donors (Lipinski definition) is 3. The Morgan fingerprint density at radius 1 is 0.972 bits per heavy atom. The van der Waals surface area contributed by atoms with Gasteiger partial charge in [0.25, 0.3) is 0 Å². The molecule has 0 aliphatic carbocycles. The molecule has 0 aromatic heterocycles. The Morgan fingerprint density at radius 2 is 1.61 bits per heavy atom. The van der Waals surface area contributed by atoms with Crippen molar-refractivity contribution in [2.45, 2.75) is 64.5 Å². The summed E-state index contributed by atoms with van der Waals surface area (Å²) >= 11 is 0. The number of nitrogens with two attached hydrogens (primary N) is 1. The van der Waals surface area contributed by atoms with Crippen molar-refractivity contribution in [3.05, 3.63) is 65.7 Å². The largest absolute Gasteiger partial charge is 0.573 e. The molecular weight excluding hydrogens is 475 g/mol. The number of benzene rings is 2. The van der Waals surface area contributed by atoms with Crippen molar-refractivity contribution in [1.29, 1.82) is 0 Å². The number of ketones is 1. The topological polar surface area (TPSA) is 111 Å². The first kappa shape index (κ1) is 28.8. The molecule has 4 N–H and O–H groups in total. The molecular formula is C26H32F3N3O4. The molecule has 10 heteroatoms. The van der Waals surface area contributed by atoms with Gasteiger partial charge in [0, 0.05) is 18.5 Å². The molecule has 0 spiro atoms. The average molecular weight is 508 g/mol. The van der Waals surface area contributed by atoms with Crippen LogP contribution in [0, 0.1) is 5.92 Å². The minimum absolute atomic E-state index is 0.0762. The zero-order valence-corrected chi connectivity index (χ0v) is 20.5. The van der Waals surface area contributed by atoms with E-state index in [1.54, 1.807) is 13.8 Å². The molecule has 36 heavy (non-hydrogen) atoms. The number of ether oxygens (including phenoxy) is 1. The summed E-state index contributed by atoms with van der Waals surface area (Å²) in [6.07, 6.45) is -4.62. The smallest absolute Gasteiger partial charge is 0.406 e. The Hall–Kier alpha value is -3.40. The number of hydrogen-bond acceptors (Lipinski definition) is 5. The van der Waals surface area contributed by atoms with Crippen LogP contribution in [0.1, 0.15) is 38.3 Å². The minimum Gasteiger partial charge on any atom is -0.406 e. The van der Waals surface area contributed by atoms with E-state index >= 15 is 0 Å². The van der Waals surface area contributed by atoms with Crippen LogP contribution in [0.2, 0.25) is 0 Å². The third kappa shape index (κ3) is 10.1. The number of nitrogens with one attached hydrogen (secondary N) is 2. The van der Waals surface area contributed by atoms with E-state index in [1.165, 1.54) is 19.1 Å². The lowest BCUT2D eigenvalue weighted by Crippen LogP contribution is -2.57. The Morgan fingerprint density at radius 3 is 2.19 bits per heavy atom. The van der Waals surface area contributed by atoms with Crippen molar-refractivity contribution < 1.29 is 32.3 Å². The maximum atomic E-state index is 13.2. The van der Waals surface area contributed by atoms with Crippen molar-refractivity contribution in [3.8, 4) is 5.75 Å². The van der Waals surface area contributed by atoms with Crippen LogP contribution in [0.15, 0.2) is 54.6 Å². The first-order valence-corrected chi connectivity index (χ1v) is 11.6. The van der Waals surface area contributed by atoms with E-state index in [0.717, 1.165) is 17.7 Å². The predicted molar refractivity (Wildman–Crippen MR) is 129 cm³/mol. The van der Waals surface area contributed by atoms with E-state index < -0.39 is 42.1 Å². The third-order valence-electron chi connectivity index (χ3n) is 5.43. The van der Waals surface area contributed by atoms with Gasteiger partial charge in [-0.25, -0.2) is 0 Å². The van der Waals surface area contributed by atoms with Crippen molar-refractivity contribution in [2.75, 3.05) is 0 Å². The number of alkyl halides is 3. The van der Waals surface area contributed by atoms with Gasteiger partial charge in [-0.05, 0) is 42.5 Å². The van der Waals surface area contributed by atoms with Crippen LogP contribution < -0.4 is 21.1 Å². The number of amides is 2. The first-order chi connectivity index (χ1) is 16.8. The summed E-state index contributed by atoms with van der Waals surface area (Å²) in [6.45, 7) is 4.93. The second kappa shape index (κ2) is 13.1. The van der Waals surface area contributed by atoms with Gasteiger partial charge in [0.1, 0.15) is 17.6 Å². The highest BCUT2D eigenvalue weighted by molar-refractivity contribution is 5.89. The van der Waals surface area contributed by atoms with E-state index in [1.807, 2.05) is 30.3 Å². The lowest BCUT2D eigenvalue weighted by Gasteiger charge is -2.29. The molecule has 7 nitrogen and oxygen atoms in total. The number of carbonyl (C=O) groups is 3. The Bertz CT molecular complexity index is 1030.